The van der Waals surface area contributed by atoms with Crippen LogP contribution in [0.5, 0.6) is 0 Å². The maximum atomic E-state index is 13.2. The summed E-state index contributed by atoms with van der Waals surface area (Å²) in [7, 11) is -3.53. The third kappa shape index (κ3) is 3.53. The molecule has 0 saturated carbocycles. The van der Waals surface area contributed by atoms with Crippen LogP contribution in [-0.2, 0) is 16.4 Å². The summed E-state index contributed by atoms with van der Waals surface area (Å²) in [5, 5.41) is 4.76. The van der Waals surface area contributed by atoms with Crippen LogP contribution in [-0.4, -0.2) is 34.6 Å². The van der Waals surface area contributed by atoms with Crippen molar-refractivity contribution < 1.29 is 17.6 Å². The second-order valence-electron chi connectivity index (χ2n) is 6.93. The highest BCUT2D eigenvalue weighted by Crippen LogP contribution is 2.31. The highest BCUT2D eigenvalue weighted by Gasteiger charge is 2.35. The fourth-order valence-electron chi connectivity index (χ4n) is 3.45. The van der Waals surface area contributed by atoms with E-state index in [4.69, 9.17) is 0 Å². The third-order valence-corrected chi connectivity index (χ3v) is 7.27. The number of carbonyl (C=O) groups excluding carboxylic acids is 1. The first-order valence-electron chi connectivity index (χ1n) is 9.34. The van der Waals surface area contributed by atoms with Gasteiger partial charge >= 0.3 is 0 Å². The van der Waals surface area contributed by atoms with Crippen LogP contribution in [0, 0.1) is 5.82 Å². The number of halogens is 1. The molecule has 7 nitrogen and oxygen atoms in total. The summed E-state index contributed by atoms with van der Waals surface area (Å²) in [5.41, 5.74) is 2.47. The molecule has 10 heteroatoms. The monoisotopic (exact) mass is 454 g/mol. The van der Waals surface area contributed by atoms with Gasteiger partial charge in [-0.05, 0) is 24.3 Å². The van der Waals surface area contributed by atoms with E-state index in [1.54, 1.807) is 41.8 Å². The predicted octanol–water partition coefficient (Wildman–Crippen LogP) is 3.85. The van der Waals surface area contributed by atoms with E-state index in [0.29, 0.717) is 22.1 Å². The Kier molecular flexibility index (Phi) is 4.67. The van der Waals surface area contributed by atoms with E-state index in [1.807, 2.05) is 6.07 Å². The van der Waals surface area contributed by atoms with Gasteiger partial charge in [-0.1, -0.05) is 30.3 Å². The second-order valence-corrected chi connectivity index (χ2v) is 9.79. The molecule has 0 unspecified atom stereocenters. The number of hydrogen-bond acceptors (Lipinski definition) is 6. The van der Waals surface area contributed by atoms with Gasteiger partial charge in [0.15, 0.2) is 5.13 Å². The molecule has 31 heavy (non-hydrogen) atoms. The Morgan fingerprint density at radius 2 is 1.77 bits per heavy atom. The molecule has 5 rings (SSSR count). The molecule has 0 saturated heterocycles. The number of nitrogens with one attached hydrogen (secondary N) is 1. The highest BCUT2D eigenvalue weighted by molar-refractivity contribution is 7.91. The Bertz CT molecular complexity index is 1390. The molecular formula is C21H15FN4O3S2. The number of rotatable bonds is 4. The van der Waals surface area contributed by atoms with Crippen molar-refractivity contribution in [2.24, 2.45) is 0 Å². The van der Waals surface area contributed by atoms with E-state index in [1.165, 1.54) is 28.0 Å². The Hall–Kier alpha value is -3.37. The average molecular weight is 455 g/mol. The smallest absolute Gasteiger partial charge is 0.276 e. The van der Waals surface area contributed by atoms with Crippen molar-refractivity contribution in [3.63, 3.8) is 0 Å². The zero-order valence-corrected chi connectivity index (χ0v) is 17.6. The van der Waals surface area contributed by atoms with Gasteiger partial charge in [-0.15, -0.1) is 11.3 Å². The molecule has 156 valence electrons. The second kappa shape index (κ2) is 7.40. The first-order valence-corrected chi connectivity index (χ1v) is 11.9. The van der Waals surface area contributed by atoms with Crippen molar-refractivity contribution in [2.75, 3.05) is 11.1 Å². The minimum atomic E-state index is -3.53. The van der Waals surface area contributed by atoms with Crippen LogP contribution in [0.15, 0.2) is 65.1 Å². The number of anilines is 1. The van der Waals surface area contributed by atoms with Gasteiger partial charge in [0.2, 0.25) is 15.0 Å². The van der Waals surface area contributed by atoms with E-state index in [-0.39, 0.29) is 29.0 Å². The maximum Gasteiger partial charge on any atom is 0.276 e. The summed E-state index contributed by atoms with van der Waals surface area (Å²) in [6.07, 6.45) is 0. The number of nitrogens with zero attached hydrogens (tertiary/aromatic N) is 3. The molecular weight excluding hydrogens is 439 g/mol. The quantitative estimate of drug-likeness (QED) is 0.506. The molecule has 3 heterocycles. The van der Waals surface area contributed by atoms with Gasteiger partial charge in [0.05, 0.1) is 11.4 Å². The van der Waals surface area contributed by atoms with Gasteiger partial charge in [0.25, 0.3) is 5.91 Å². The van der Waals surface area contributed by atoms with Crippen molar-refractivity contribution in [1.29, 1.82) is 0 Å². The summed E-state index contributed by atoms with van der Waals surface area (Å²) < 4.78 is 39.3. The summed E-state index contributed by atoms with van der Waals surface area (Å²) in [6, 6.07) is 14.9. The topological polar surface area (TPSA) is 93.9 Å². The molecule has 1 N–H and O–H groups in total. The average Bonchev–Trinajstić information content (AvgIpc) is 3.45. The molecule has 1 amide bonds. The summed E-state index contributed by atoms with van der Waals surface area (Å²) in [4.78, 5) is 21.9. The standard InChI is InChI=1S/C21H15FN4O3S2/c22-15-8-6-13(7-9-15)16-12-30-20(23-16)25-19(27)18-17(14-4-2-1-3-5-14)24-21-26(18)10-11-31(21,28)29/h1-9,12H,10-11H2,(H,23,25,27). The number of benzene rings is 2. The van der Waals surface area contributed by atoms with Crippen LogP contribution in [0.25, 0.3) is 22.5 Å². The zero-order chi connectivity index (χ0) is 21.6. The van der Waals surface area contributed by atoms with Gasteiger partial charge < -0.3 is 4.57 Å². The predicted molar refractivity (Wildman–Crippen MR) is 115 cm³/mol. The number of thiazole rings is 1. The Morgan fingerprint density at radius 3 is 2.52 bits per heavy atom. The largest absolute Gasteiger partial charge is 0.309 e. The van der Waals surface area contributed by atoms with Crippen molar-refractivity contribution in [3.8, 4) is 22.5 Å². The molecule has 2 aromatic carbocycles. The minimum Gasteiger partial charge on any atom is -0.309 e. The lowest BCUT2D eigenvalue weighted by atomic mass is 10.1. The van der Waals surface area contributed by atoms with Gasteiger partial charge in [0, 0.05) is 23.1 Å². The molecule has 4 aromatic rings. The van der Waals surface area contributed by atoms with Gasteiger partial charge in [0.1, 0.15) is 17.2 Å². The number of carbonyl (C=O) groups is 1. The van der Waals surface area contributed by atoms with Crippen molar-refractivity contribution in [3.05, 3.63) is 71.5 Å². The number of hydrogen-bond donors (Lipinski definition) is 1. The Balaban J connectivity index is 1.51. The SMILES string of the molecule is O=C(Nc1nc(-c2ccc(F)cc2)cs1)c1c(-c2ccccc2)nc2n1CCS2(=O)=O. The molecule has 0 radical (unpaired) electrons. The van der Waals surface area contributed by atoms with Crippen LogP contribution in [0.4, 0.5) is 9.52 Å². The first-order chi connectivity index (χ1) is 14.9. The van der Waals surface area contributed by atoms with Crippen LogP contribution in [0.2, 0.25) is 0 Å². The lowest BCUT2D eigenvalue weighted by Gasteiger charge is -2.07. The van der Waals surface area contributed by atoms with Gasteiger partial charge in [-0.2, -0.15) is 0 Å². The van der Waals surface area contributed by atoms with E-state index in [0.717, 1.165) is 5.56 Å². The molecule has 1 aliphatic rings. The van der Waals surface area contributed by atoms with Crippen LogP contribution < -0.4 is 5.32 Å². The minimum absolute atomic E-state index is 0.0867. The van der Waals surface area contributed by atoms with Crippen molar-refractivity contribution in [2.45, 2.75) is 11.7 Å². The lowest BCUT2D eigenvalue weighted by Crippen LogP contribution is -2.17. The van der Waals surface area contributed by atoms with Gasteiger partial charge in [-0.25, -0.2) is 22.8 Å². The van der Waals surface area contributed by atoms with E-state index < -0.39 is 15.7 Å². The molecule has 0 fully saturated rings. The summed E-state index contributed by atoms with van der Waals surface area (Å²) in [6.45, 7) is 0.166. The highest BCUT2D eigenvalue weighted by atomic mass is 32.2. The molecule has 0 atom stereocenters. The lowest BCUT2D eigenvalue weighted by molar-refractivity contribution is 0.101. The zero-order valence-electron chi connectivity index (χ0n) is 15.9. The first kappa shape index (κ1) is 19.6. The fraction of sp³-hybridized carbons (Fsp3) is 0.0952. The molecule has 0 bridgehead atoms. The molecule has 0 spiro atoms. The summed E-state index contributed by atoms with van der Waals surface area (Å²) >= 11 is 1.22. The number of fused-ring (bicyclic) bond motifs is 1. The molecule has 0 aliphatic carbocycles. The summed E-state index contributed by atoms with van der Waals surface area (Å²) in [5.74, 6) is -0.920. The third-order valence-electron chi connectivity index (χ3n) is 4.92. The normalized spacial score (nSPS) is 14.4. The van der Waals surface area contributed by atoms with E-state index in [2.05, 4.69) is 15.3 Å². The van der Waals surface area contributed by atoms with Crippen LogP contribution in [0.3, 0.4) is 0 Å². The van der Waals surface area contributed by atoms with E-state index in [9.17, 15) is 17.6 Å². The number of imidazole rings is 1. The van der Waals surface area contributed by atoms with Crippen LogP contribution >= 0.6 is 11.3 Å². The molecule has 1 aliphatic heterocycles. The van der Waals surface area contributed by atoms with Gasteiger partial charge in [-0.3, -0.25) is 10.1 Å². The number of sulfone groups is 1. The molecule has 2 aromatic heterocycles. The Morgan fingerprint density at radius 1 is 1.03 bits per heavy atom. The number of aromatic nitrogens is 3. The number of amides is 1. The Labute approximate surface area is 181 Å². The van der Waals surface area contributed by atoms with Crippen molar-refractivity contribution >= 4 is 32.2 Å². The fourth-order valence-corrected chi connectivity index (χ4v) is 5.52. The van der Waals surface area contributed by atoms with Crippen LogP contribution in [0.1, 0.15) is 10.5 Å². The maximum absolute atomic E-state index is 13.2. The van der Waals surface area contributed by atoms with Crippen molar-refractivity contribution in [1.82, 2.24) is 14.5 Å². The van der Waals surface area contributed by atoms with E-state index >= 15 is 0 Å².